The molecule has 10 heteroatoms. The first kappa shape index (κ1) is 20.0. The molecule has 1 amide bonds. The first-order valence-corrected chi connectivity index (χ1v) is 10.8. The van der Waals surface area contributed by atoms with E-state index in [2.05, 4.69) is 5.32 Å². The Kier molecular flexibility index (Phi) is 5.99. The number of hydrogen-bond acceptors (Lipinski definition) is 5. The molecular formula is C17H13Cl2N3O3S2. The number of piperazine rings is 1. The maximum absolute atomic E-state index is 13.1. The fourth-order valence-corrected chi connectivity index (χ4v) is 6.05. The Hall–Kier alpha value is -1.76. The average molecular weight is 442 g/mol. The van der Waals surface area contributed by atoms with Crippen LogP contribution in [0.3, 0.4) is 0 Å². The molecule has 1 N–H and O–H groups in total. The van der Waals surface area contributed by atoms with E-state index in [1.54, 1.807) is 24.3 Å². The highest BCUT2D eigenvalue weighted by atomic mass is 35.5. The minimum atomic E-state index is -3.96. The lowest BCUT2D eigenvalue weighted by atomic mass is 10.2. The number of amides is 1. The maximum Gasteiger partial charge on any atom is 0.244 e. The van der Waals surface area contributed by atoms with Crippen molar-refractivity contribution in [3.63, 3.8) is 0 Å². The van der Waals surface area contributed by atoms with Gasteiger partial charge in [-0.2, -0.15) is 9.57 Å². The van der Waals surface area contributed by atoms with Crippen LogP contribution in [0, 0.1) is 11.3 Å². The molecule has 0 aromatic heterocycles. The van der Waals surface area contributed by atoms with Gasteiger partial charge in [-0.1, -0.05) is 35.0 Å². The van der Waals surface area contributed by atoms with Crippen molar-refractivity contribution in [2.45, 2.75) is 14.7 Å². The van der Waals surface area contributed by atoms with Crippen LogP contribution < -0.4 is 5.32 Å². The van der Waals surface area contributed by atoms with Crippen LogP contribution in [0.4, 0.5) is 0 Å². The van der Waals surface area contributed by atoms with Crippen LogP contribution in [0.1, 0.15) is 5.56 Å². The molecule has 2 aromatic carbocycles. The predicted molar refractivity (Wildman–Crippen MR) is 104 cm³/mol. The summed E-state index contributed by atoms with van der Waals surface area (Å²) in [5.74, 6) is -0.364. The highest BCUT2D eigenvalue weighted by Crippen LogP contribution is 2.37. The van der Waals surface area contributed by atoms with Gasteiger partial charge in [0.15, 0.2) is 0 Å². The second kappa shape index (κ2) is 8.09. The van der Waals surface area contributed by atoms with Gasteiger partial charge >= 0.3 is 0 Å². The van der Waals surface area contributed by atoms with Gasteiger partial charge < -0.3 is 5.32 Å². The van der Waals surface area contributed by atoms with Gasteiger partial charge in [-0.05, 0) is 36.4 Å². The minimum absolute atomic E-state index is 0.0302. The van der Waals surface area contributed by atoms with Crippen molar-refractivity contribution < 1.29 is 13.2 Å². The van der Waals surface area contributed by atoms with Gasteiger partial charge in [0.25, 0.3) is 0 Å². The van der Waals surface area contributed by atoms with E-state index >= 15 is 0 Å². The topological polar surface area (TPSA) is 90.3 Å². The summed E-state index contributed by atoms with van der Waals surface area (Å²) in [5.41, 5.74) is 0.212. The molecule has 3 rings (SSSR count). The molecule has 0 unspecified atom stereocenters. The molecule has 0 saturated carbocycles. The van der Waals surface area contributed by atoms with Crippen LogP contribution >= 0.6 is 35.0 Å². The Morgan fingerprint density at radius 1 is 1.15 bits per heavy atom. The Morgan fingerprint density at radius 3 is 2.48 bits per heavy atom. The third-order valence-corrected chi connectivity index (χ3v) is 7.26. The summed E-state index contributed by atoms with van der Waals surface area (Å²) < 4.78 is 27.3. The first-order chi connectivity index (χ1) is 12.8. The second-order valence-corrected chi connectivity index (χ2v) is 9.56. The van der Waals surface area contributed by atoms with E-state index in [1.807, 2.05) is 6.07 Å². The smallest absolute Gasteiger partial charge is 0.244 e. The number of carbonyl (C=O) groups is 1. The Morgan fingerprint density at radius 2 is 1.85 bits per heavy atom. The summed E-state index contributed by atoms with van der Waals surface area (Å²) in [4.78, 5) is 12.7. The zero-order valence-corrected chi connectivity index (χ0v) is 16.9. The van der Waals surface area contributed by atoms with Crippen LogP contribution in [0.5, 0.6) is 0 Å². The molecule has 0 spiro atoms. The number of carbonyl (C=O) groups excluding carboxylic acids is 1. The fourth-order valence-electron chi connectivity index (χ4n) is 2.54. The Balaban J connectivity index is 2.05. The average Bonchev–Trinajstić information content (AvgIpc) is 2.61. The molecule has 1 fully saturated rings. The van der Waals surface area contributed by atoms with Gasteiger partial charge in [0, 0.05) is 32.9 Å². The molecule has 27 heavy (non-hydrogen) atoms. The lowest BCUT2D eigenvalue weighted by molar-refractivity contribution is -0.122. The molecule has 1 heterocycles. The fraction of sp³-hybridized carbons (Fsp3) is 0.176. The lowest BCUT2D eigenvalue weighted by Gasteiger charge is -2.26. The van der Waals surface area contributed by atoms with E-state index < -0.39 is 10.0 Å². The number of nitrogens with one attached hydrogen (secondary N) is 1. The zero-order valence-electron chi connectivity index (χ0n) is 13.8. The standard InChI is InChI=1S/C17H13Cl2N3O3S2/c18-12-6-13(19)8-14(7-12)26-15-2-1-11(9-20)5-16(15)27(24,25)22-4-3-21-17(23)10-22/h1-2,5-8H,3-4,10H2,(H,21,23). The zero-order chi connectivity index (χ0) is 19.6. The molecular weight excluding hydrogens is 429 g/mol. The van der Waals surface area contributed by atoms with Gasteiger partial charge in [0.2, 0.25) is 15.9 Å². The quantitative estimate of drug-likeness (QED) is 0.786. The normalized spacial score (nSPS) is 15.2. The third-order valence-electron chi connectivity index (χ3n) is 3.76. The van der Waals surface area contributed by atoms with E-state index in [4.69, 9.17) is 28.5 Å². The van der Waals surface area contributed by atoms with Gasteiger partial charge in [-0.25, -0.2) is 8.42 Å². The van der Waals surface area contributed by atoms with Crippen LogP contribution in [0.15, 0.2) is 51.1 Å². The summed E-state index contributed by atoms with van der Waals surface area (Å²) in [6.07, 6.45) is 0. The minimum Gasteiger partial charge on any atom is -0.354 e. The van der Waals surface area contributed by atoms with Crippen LogP contribution in [0.2, 0.25) is 10.0 Å². The van der Waals surface area contributed by atoms with Crippen molar-refractivity contribution in [1.29, 1.82) is 5.26 Å². The van der Waals surface area contributed by atoms with E-state index in [1.165, 1.54) is 23.9 Å². The third kappa shape index (κ3) is 4.57. The van der Waals surface area contributed by atoms with Crippen molar-refractivity contribution >= 4 is 50.9 Å². The van der Waals surface area contributed by atoms with Crippen LogP contribution in [-0.2, 0) is 14.8 Å². The van der Waals surface area contributed by atoms with E-state index in [0.29, 0.717) is 19.8 Å². The van der Waals surface area contributed by atoms with Crippen molar-refractivity contribution in [2.75, 3.05) is 19.6 Å². The van der Waals surface area contributed by atoms with Crippen molar-refractivity contribution in [1.82, 2.24) is 9.62 Å². The number of benzene rings is 2. The second-order valence-electron chi connectivity index (χ2n) is 5.67. The predicted octanol–water partition coefficient (Wildman–Crippen LogP) is 3.14. The summed E-state index contributed by atoms with van der Waals surface area (Å²) in [6.45, 7) is 0.145. The van der Waals surface area contributed by atoms with Crippen molar-refractivity contribution in [3.8, 4) is 6.07 Å². The summed E-state index contributed by atoms with van der Waals surface area (Å²) in [7, 11) is -3.96. The SMILES string of the molecule is N#Cc1ccc(Sc2cc(Cl)cc(Cl)c2)c(S(=O)(=O)N2CCNC(=O)C2)c1. The van der Waals surface area contributed by atoms with E-state index in [0.717, 1.165) is 4.31 Å². The highest BCUT2D eigenvalue weighted by molar-refractivity contribution is 8.00. The first-order valence-electron chi connectivity index (χ1n) is 7.74. The van der Waals surface area contributed by atoms with Crippen molar-refractivity contribution in [3.05, 3.63) is 52.0 Å². The van der Waals surface area contributed by atoms with Gasteiger partial charge in [-0.15, -0.1) is 0 Å². The van der Waals surface area contributed by atoms with E-state index in [-0.39, 0.29) is 36.0 Å². The number of halogens is 2. The molecule has 2 aromatic rings. The number of rotatable bonds is 4. The van der Waals surface area contributed by atoms with Crippen LogP contribution in [-0.4, -0.2) is 38.3 Å². The Bertz CT molecular complexity index is 1030. The lowest BCUT2D eigenvalue weighted by Crippen LogP contribution is -2.49. The van der Waals surface area contributed by atoms with Gasteiger partial charge in [-0.3, -0.25) is 4.79 Å². The maximum atomic E-state index is 13.1. The largest absolute Gasteiger partial charge is 0.354 e. The molecule has 0 aliphatic carbocycles. The Labute approximate surface area is 171 Å². The molecule has 0 atom stereocenters. The molecule has 0 radical (unpaired) electrons. The number of nitrogens with zero attached hydrogens (tertiary/aromatic N) is 2. The summed E-state index contributed by atoms with van der Waals surface area (Å²) in [5, 5.41) is 12.6. The highest BCUT2D eigenvalue weighted by Gasteiger charge is 2.31. The molecule has 1 saturated heterocycles. The van der Waals surface area contributed by atoms with Gasteiger partial charge in [0.1, 0.15) is 0 Å². The monoisotopic (exact) mass is 441 g/mol. The van der Waals surface area contributed by atoms with Crippen molar-refractivity contribution in [2.24, 2.45) is 0 Å². The molecule has 1 aliphatic rings. The number of sulfonamides is 1. The van der Waals surface area contributed by atoms with E-state index in [9.17, 15) is 13.2 Å². The molecule has 0 bridgehead atoms. The number of nitriles is 1. The summed E-state index contributed by atoms with van der Waals surface area (Å²) >= 11 is 13.2. The molecule has 140 valence electrons. The number of hydrogen-bond donors (Lipinski definition) is 1. The summed E-state index contributed by atoms with van der Waals surface area (Å²) in [6, 6.07) is 11.3. The molecule has 6 nitrogen and oxygen atoms in total. The van der Waals surface area contributed by atoms with Gasteiger partial charge in [0.05, 0.1) is 23.1 Å². The molecule has 1 aliphatic heterocycles. The van der Waals surface area contributed by atoms with Crippen LogP contribution in [0.25, 0.3) is 0 Å².